The molecule has 0 aromatic carbocycles. The number of nitrogens with zero attached hydrogens (tertiary/aromatic N) is 7. The number of likely N-dealkylation sites (N-methyl/N-ethyl adjacent to an activating group) is 1. The number of hydrogen-bond donors (Lipinski definition) is 0. The van der Waals surface area contributed by atoms with Crippen molar-refractivity contribution in [3.05, 3.63) is 39.5 Å². The van der Waals surface area contributed by atoms with Gasteiger partial charge in [0.05, 0.1) is 17.6 Å². The van der Waals surface area contributed by atoms with Gasteiger partial charge >= 0.3 is 6.01 Å². The molecule has 0 bridgehead atoms. The number of likely N-dealkylation sites (tertiary alicyclic amines) is 1. The summed E-state index contributed by atoms with van der Waals surface area (Å²) >= 11 is 1.65. The van der Waals surface area contributed by atoms with Crippen LogP contribution in [-0.2, 0) is 18.3 Å². The van der Waals surface area contributed by atoms with E-state index in [9.17, 15) is 5.26 Å². The van der Waals surface area contributed by atoms with Crippen LogP contribution < -0.4 is 4.74 Å². The molecule has 9 nitrogen and oxygen atoms in total. The third kappa shape index (κ3) is 4.27. The summed E-state index contributed by atoms with van der Waals surface area (Å²) in [6.45, 7) is 7.79. The monoisotopic (exact) mass is 585 g/mol. The van der Waals surface area contributed by atoms with E-state index in [2.05, 4.69) is 41.7 Å². The highest BCUT2D eigenvalue weighted by molar-refractivity contribution is 7.16. The first kappa shape index (κ1) is 27.5. The number of nitriles is 1. The standard InChI is InChI=1S/C32H39N7O2S/c1-6-39-24(15-21-18(2)27(21)39)19(3)40-31-34-14-11-23(36-31)28-20-9-7-12-32(29(20)37-41-28)13-8-10-25-26(32)22(16-33)30(42-25)35-17-38(4)5/h11,14,17-19,21,24,27H,6-10,12-13,15H2,1-5H3/b35-17+/t18-,19-,21+,24-,27-,32-/m0/s1. The molecule has 3 aliphatic carbocycles. The van der Waals surface area contributed by atoms with Crippen molar-refractivity contribution < 1.29 is 9.26 Å². The molecule has 0 amide bonds. The van der Waals surface area contributed by atoms with Crippen LogP contribution in [0.5, 0.6) is 6.01 Å². The van der Waals surface area contributed by atoms with Crippen molar-refractivity contribution in [1.82, 2.24) is 24.9 Å². The molecule has 1 aliphatic heterocycles. The van der Waals surface area contributed by atoms with Gasteiger partial charge < -0.3 is 14.2 Å². The van der Waals surface area contributed by atoms with E-state index in [1.165, 1.54) is 11.3 Å². The summed E-state index contributed by atoms with van der Waals surface area (Å²) in [5.74, 6) is 2.29. The van der Waals surface area contributed by atoms with Crippen molar-refractivity contribution in [3.8, 4) is 23.5 Å². The van der Waals surface area contributed by atoms with Gasteiger partial charge in [0.2, 0.25) is 0 Å². The van der Waals surface area contributed by atoms with Crippen molar-refractivity contribution >= 4 is 22.7 Å². The Hall–Kier alpha value is -3.29. The molecule has 0 N–H and O–H groups in total. The van der Waals surface area contributed by atoms with Gasteiger partial charge in [-0.15, -0.1) is 11.3 Å². The SMILES string of the molecule is CCN1[C@H]2[C@@H](C)[C@H]2C[C@H]1[C@H](C)Oc1nccc(-c2onc3c2CCC[C@@]32CCCc3sc(/N=C/N(C)C)c(C#N)c32)n1. The van der Waals surface area contributed by atoms with Crippen molar-refractivity contribution in [2.45, 2.75) is 89.3 Å². The number of hydrogen-bond acceptors (Lipinski definition) is 9. The maximum absolute atomic E-state index is 10.3. The molecule has 4 aliphatic rings. The van der Waals surface area contributed by atoms with Crippen molar-refractivity contribution in [1.29, 1.82) is 5.26 Å². The fourth-order valence-corrected chi connectivity index (χ4v) is 9.44. The fraction of sp³-hybridized carbons (Fsp3) is 0.594. The summed E-state index contributed by atoms with van der Waals surface area (Å²) in [5, 5.41) is 15.8. The second-order valence-electron chi connectivity index (χ2n) is 12.7. The van der Waals surface area contributed by atoms with Crippen LogP contribution in [0.25, 0.3) is 11.5 Å². The molecule has 1 spiro atoms. The van der Waals surface area contributed by atoms with E-state index in [0.29, 0.717) is 35.1 Å². The third-order valence-electron chi connectivity index (χ3n) is 10.1. The lowest BCUT2D eigenvalue weighted by Crippen LogP contribution is -2.43. The van der Waals surface area contributed by atoms with Crippen molar-refractivity contribution in [2.75, 3.05) is 20.6 Å². The van der Waals surface area contributed by atoms with Gasteiger partial charge in [0.1, 0.15) is 22.9 Å². The molecular formula is C32H39N7O2S. The zero-order chi connectivity index (χ0) is 29.2. The van der Waals surface area contributed by atoms with Gasteiger partial charge in [0, 0.05) is 48.2 Å². The largest absolute Gasteiger partial charge is 0.459 e. The first-order chi connectivity index (χ1) is 20.4. The van der Waals surface area contributed by atoms with Crippen molar-refractivity contribution in [2.24, 2.45) is 16.8 Å². The van der Waals surface area contributed by atoms with Crippen molar-refractivity contribution in [3.63, 3.8) is 0 Å². The molecule has 10 heteroatoms. The first-order valence-corrected chi connectivity index (χ1v) is 16.2. The molecule has 2 fully saturated rings. The van der Waals surface area contributed by atoms with E-state index < -0.39 is 0 Å². The highest BCUT2D eigenvalue weighted by atomic mass is 32.1. The van der Waals surface area contributed by atoms with Crippen LogP contribution in [-0.4, -0.2) is 70.1 Å². The molecule has 0 unspecified atom stereocenters. The normalized spacial score (nSPS) is 28.8. The first-order valence-electron chi connectivity index (χ1n) is 15.4. The number of piperidine rings is 1. The lowest BCUT2D eigenvalue weighted by Gasteiger charge is -2.39. The number of aromatic nitrogens is 3. The zero-order valence-corrected chi connectivity index (χ0v) is 25.9. The van der Waals surface area contributed by atoms with Gasteiger partial charge in [-0.25, -0.2) is 9.98 Å². The van der Waals surface area contributed by atoms with Crippen LogP contribution in [0.1, 0.15) is 80.1 Å². The Labute approximate surface area is 251 Å². The number of fused-ring (bicyclic) bond motifs is 5. The maximum atomic E-state index is 10.3. The summed E-state index contributed by atoms with van der Waals surface area (Å²) in [6, 6.07) is 5.87. The van der Waals surface area contributed by atoms with Gasteiger partial charge in [-0.1, -0.05) is 19.0 Å². The summed E-state index contributed by atoms with van der Waals surface area (Å²) in [4.78, 5) is 19.7. The van der Waals surface area contributed by atoms with Crippen LogP contribution in [0, 0.1) is 23.2 Å². The summed E-state index contributed by atoms with van der Waals surface area (Å²) in [7, 11) is 3.88. The minimum absolute atomic E-state index is 0.000106. The molecular weight excluding hydrogens is 546 g/mol. The van der Waals surface area contributed by atoms with Crippen LogP contribution in [0.2, 0.25) is 0 Å². The van der Waals surface area contributed by atoms with E-state index in [1.807, 2.05) is 25.1 Å². The third-order valence-corrected chi connectivity index (χ3v) is 11.3. The molecule has 220 valence electrons. The molecule has 3 aromatic rings. The Morgan fingerprint density at radius 3 is 2.90 bits per heavy atom. The van der Waals surface area contributed by atoms with Crippen LogP contribution in [0.15, 0.2) is 21.8 Å². The Balaban J connectivity index is 1.20. The van der Waals surface area contributed by atoms with E-state index >= 15 is 0 Å². The fourth-order valence-electron chi connectivity index (χ4n) is 8.21. The molecule has 1 saturated carbocycles. The second kappa shape index (κ2) is 10.5. The summed E-state index contributed by atoms with van der Waals surface area (Å²) in [6.07, 6.45) is 10.5. The Morgan fingerprint density at radius 2 is 2.14 bits per heavy atom. The quantitative estimate of drug-likeness (QED) is 0.255. The zero-order valence-electron chi connectivity index (χ0n) is 25.1. The highest BCUT2D eigenvalue weighted by Crippen LogP contribution is 2.56. The Morgan fingerprint density at radius 1 is 1.33 bits per heavy atom. The molecule has 1 saturated heterocycles. The Kier molecular flexibility index (Phi) is 6.86. The second-order valence-corrected chi connectivity index (χ2v) is 13.8. The van der Waals surface area contributed by atoms with Gasteiger partial charge in [0.25, 0.3) is 0 Å². The number of aliphatic imine (C=N–C) groups is 1. The smallest absolute Gasteiger partial charge is 0.317 e. The van der Waals surface area contributed by atoms with E-state index in [4.69, 9.17) is 19.4 Å². The summed E-state index contributed by atoms with van der Waals surface area (Å²) in [5.41, 5.74) is 4.25. The minimum Gasteiger partial charge on any atom is -0.459 e. The van der Waals surface area contributed by atoms with Gasteiger partial charge in [-0.05, 0) is 81.9 Å². The maximum Gasteiger partial charge on any atom is 0.317 e. The van der Waals surface area contributed by atoms with E-state index in [0.717, 1.165) is 78.7 Å². The van der Waals surface area contributed by atoms with Crippen LogP contribution in [0.3, 0.4) is 0 Å². The van der Waals surface area contributed by atoms with E-state index in [-0.39, 0.29) is 11.5 Å². The van der Waals surface area contributed by atoms with E-state index in [1.54, 1.807) is 23.9 Å². The van der Waals surface area contributed by atoms with Gasteiger partial charge in [0.15, 0.2) is 5.76 Å². The van der Waals surface area contributed by atoms with Gasteiger partial charge in [-0.2, -0.15) is 10.2 Å². The summed E-state index contributed by atoms with van der Waals surface area (Å²) < 4.78 is 12.5. The molecule has 7 rings (SSSR count). The van der Waals surface area contributed by atoms with Crippen LogP contribution in [0.4, 0.5) is 5.00 Å². The molecule has 0 radical (unpaired) electrons. The minimum atomic E-state index is -0.332. The molecule has 4 heterocycles. The molecule has 3 aromatic heterocycles. The topological polar surface area (TPSA) is 104 Å². The average Bonchev–Trinajstić information content (AvgIpc) is 3.39. The molecule has 6 atom stereocenters. The molecule has 42 heavy (non-hydrogen) atoms. The lowest BCUT2D eigenvalue weighted by atomic mass is 9.62. The predicted molar refractivity (Wildman–Crippen MR) is 162 cm³/mol. The average molecular weight is 586 g/mol. The number of thiophene rings is 1. The lowest BCUT2D eigenvalue weighted by molar-refractivity contribution is 0.0796. The number of ether oxygens (including phenoxy) is 1. The highest BCUT2D eigenvalue weighted by Gasteiger charge is 2.59. The van der Waals surface area contributed by atoms with Gasteiger partial charge in [-0.3, -0.25) is 4.90 Å². The number of aryl methyl sites for hydroxylation is 1. The van der Waals surface area contributed by atoms with Crippen LogP contribution >= 0.6 is 11.3 Å². The Bertz CT molecular complexity index is 1570. The number of rotatable bonds is 7. The predicted octanol–water partition coefficient (Wildman–Crippen LogP) is 5.74.